The summed E-state index contributed by atoms with van der Waals surface area (Å²) >= 11 is 4.58. The summed E-state index contributed by atoms with van der Waals surface area (Å²) in [5.41, 5.74) is -1.94. The standard InChI is InChI=1S/C33H42BrN3O7S/c1-5-42-30(40)33-20-22(33)13-11-9-7-6-8-10-12-14-26(35-31(41)43-32(2,3)4)29(39)37-21-24(19-27(37)28(38)36-33)44-45-25-17-15-23(34)16-18-25/h9,11,15-18,22,24,26-27H,5-8,10,13,19-21H2,1-4H3,(H,35,41)(H,36,38). The van der Waals surface area contributed by atoms with Gasteiger partial charge in [0.25, 0.3) is 5.91 Å². The van der Waals surface area contributed by atoms with E-state index in [4.69, 9.17) is 13.7 Å². The Labute approximate surface area is 278 Å². The van der Waals surface area contributed by atoms with Gasteiger partial charge in [0.1, 0.15) is 17.2 Å². The average molecular weight is 705 g/mol. The van der Waals surface area contributed by atoms with Crippen molar-refractivity contribution in [2.45, 2.75) is 107 Å². The van der Waals surface area contributed by atoms with Gasteiger partial charge >= 0.3 is 12.1 Å². The number of carbonyl (C=O) groups is 4. The SMILES string of the molecule is CCOC(=O)C12CC1CC=CCCCCC#CC(NC(=O)OC(C)(C)C)C(=O)N1CC(OSc3ccc(Br)cc3)CC1C(=O)N2. The lowest BCUT2D eigenvalue weighted by Gasteiger charge is -2.28. The quantitative estimate of drug-likeness (QED) is 0.177. The molecule has 0 radical (unpaired) electrons. The fraction of sp³-hybridized carbons (Fsp3) is 0.576. The van der Waals surface area contributed by atoms with Crippen LogP contribution in [0.4, 0.5) is 4.79 Å². The molecule has 1 saturated heterocycles. The third-order valence-corrected chi connectivity index (χ3v) is 9.06. The largest absolute Gasteiger partial charge is 0.464 e. The van der Waals surface area contributed by atoms with Crippen molar-refractivity contribution in [3.63, 3.8) is 0 Å². The van der Waals surface area contributed by atoms with E-state index in [1.165, 1.54) is 4.90 Å². The molecule has 2 aliphatic heterocycles. The summed E-state index contributed by atoms with van der Waals surface area (Å²) < 4.78 is 17.8. The van der Waals surface area contributed by atoms with Gasteiger partial charge in [-0.05, 0) is 90.0 Å². The van der Waals surface area contributed by atoms with E-state index >= 15 is 0 Å². The third kappa shape index (κ3) is 9.74. The van der Waals surface area contributed by atoms with E-state index in [9.17, 15) is 19.2 Å². The minimum absolute atomic E-state index is 0.0905. The van der Waals surface area contributed by atoms with Gasteiger partial charge in [-0.2, -0.15) is 0 Å². The molecule has 12 heteroatoms. The van der Waals surface area contributed by atoms with Gasteiger partial charge in [-0.3, -0.25) is 14.9 Å². The molecule has 0 aromatic heterocycles. The number of esters is 1. The van der Waals surface area contributed by atoms with Gasteiger partial charge < -0.3 is 23.9 Å². The Kier molecular flexibility index (Phi) is 12.0. The summed E-state index contributed by atoms with van der Waals surface area (Å²) in [7, 11) is 0. The number of hydrogen-bond donors (Lipinski definition) is 2. The third-order valence-electron chi connectivity index (χ3n) is 7.70. The molecule has 3 aliphatic rings. The molecule has 1 aromatic carbocycles. The first-order valence-electron chi connectivity index (χ1n) is 15.4. The maximum absolute atomic E-state index is 14.1. The Hall–Kier alpha value is -3.01. The van der Waals surface area contributed by atoms with E-state index in [1.54, 1.807) is 27.7 Å². The lowest BCUT2D eigenvalue weighted by molar-refractivity contribution is -0.150. The molecule has 244 valence electrons. The first-order valence-corrected chi connectivity index (χ1v) is 17.0. The first-order chi connectivity index (χ1) is 21.4. The van der Waals surface area contributed by atoms with Crippen LogP contribution in [0.25, 0.3) is 0 Å². The first kappa shape index (κ1) is 34.9. The molecule has 1 aromatic rings. The molecule has 3 amide bonds. The van der Waals surface area contributed by atoms with E-state index < -0.39 is 53.2 Å². The minimum atomic E-state index is -1.24. The van der Waals surface area contributed by atoms with Crippen molar-refractivity contribution >= 4 is 51.8 Å². The highest BCUT2D eigenvalue weighted by Crippen LogP contribution is 2.47. The predicted molar refractivity (Wildman–Crippen MR) is 174 cm³/mol. The number of allylic oxidation sites excluding steroid dienone is 2. The van der Waals surface area contributed by atoms with E-state index in [-0.39, 0.29) is 25.5 Å². The molecular weight excluding hydrogens is 662 g/mol. The zero-order chi connectivity index (χ0) is 32.6. The van der Waals surface area contributed by atoms with Crippen LogP contribution in [0.2, 0.25) is 0 Å². The van der Waals surface area contributed by atoms with Crippen molar-refractivity contribution in [2.24, 2.45) is 5.92 Å². The number of amides is 3. The Morgan fingerprint density at radius 1 is 1.18 bits per heavy atom. The van der Waals surface area contributed by atoms with Crippen LogP contribution in [-0.2, 0) is 28.0 Å². The summed E-state index contributed by atoms with van der Waals surface area (Å²) in [6.45, 7) is 7.19. The van der Waals surface area contributed by atoms with E-state index in [2.05, 4.69) is 50.6 Å². The fourth-order valence-corrected chi connectivity index (χ4v) is 6.28. The van der Waals surface area contributed by atoms with E-state index in [1.807, 2.05) is 24.3 Å². The van der Waals surface area contributed by atoms with Crippen LogP contribution in [-0.4, -0.2) is 71.3 Å². The van der Waals surface area contributed by atoms with Gasteiger partial charge in [-0.15, -0.1) is 5.92 Å². The Morgan fingerprint density at radius 2 is 1.93 bits per heavy atom. The highest BCUT2D eigenvalue weighted by atomic mass is 79.9. The number of halogens is 1. The molecule has 10 nitrogen and oxygen atoms in total. The second-order valence-corrected chi connectivity index (χ2v) is 14.2. The maximum Gasteiger partial charge on any atom is 0.409 e. The number of benzene rings is 1. The normalized spacial score (nSPS) is 27.2. The lowest BCUT2D eigenvalue weighted by Crippen LogP contribution is -2.56. The van der Waals surface area contributed by atoms with Gasteiger partial charge in [0.15, 0.2) is 6.04 Å². The number of nitrogens with one attached hydrogen (secondary N) is 2. The molecular formula is C33H42BrN3O7S. The van der Waals surface area contributed by atoms with Gasteiger partial charge in [0.2, 0.25) is 5.91 Å². The second kappa shape index (κ2) is 15.5. The zero-order valence-corrected chi connectivity index (χ0v) is 28.6. The van der Waals surface area contributed by atoms with Crippen molar-refractivity contribution in [1.82, 2.24) is 15.5 Å². The molecule has 1 saturated carbocycles. The zero-order valence-electron chi connectivity index (χ0n) is 26.2. The van der Waals surface area contributed by atoms with E-state index in [0.29, 0.717) is 19.3 Å². The smallest absolute Gasteiger partial charge is 0.409 e. The minimum Gasteiger partial charge on any atom is -0.464 e. The van der Waals surface area contributed by atoms with Gasteiger partial charge in [-0.1, -0.05) is 34.0 Å². The highest BCUT2D eigenvalue weighted by Gasteiger charge is 2.62. The van der Waals surface area contributed by atoms with Crippen LogP contribution in [0.15, 0.2) is 45.8 Å². The summed E-state index contributed by atoms with van der Waals surface area (Å²) in [6, 6.07) is 5.38. The van der Waals surface area contributed by atoms with Crippen molar-refractivity contribution in [2.75, 3.05) is 13.2 Å². The number of alkyl carbamates (subject to hydrolysis) is 1. The average Bonchev–Trinajstić information content (AvgIpc) is 3.49. The molecule has 0 spiro atoms. The van der Waals surface area contributed by atoms with Crippen LogP contribution >= 0.6 is 28.0 Å². The molecule has 45 heavy (non-hydrogen) atoms. The monoisotopic (exact) mass is 703 g/mol. The summed E-state index contributed by atoms with van der Waals surface area (Å²) in [4.78, 5) is 56.2. The molecule has 4 rings (SSSR count). The van der Waals surface area contributed by atoms with Crippen molar-refractivity contribution in [3.8, 4) is 11.8 Å². The maximum atomic E-state index is 14.1. The molecule has 5 atom stereocenters. The Balaban J connectivity index is 1.62. The van der Waals surface area contributed by atoms with Gasteiger partial charge in [-0.25, -0.2) is 9.59 Å². The molecule has 2 heterocycles. The number of carbonyl (C=O) groups excluding carboxylic acids is 4. The van der Waals surface area contributed by atoms with Crippen molar-refractivity contribution in [1.29, 1.82) is 0 Å². The van der Waals surface area contributed by atoms with Gasteiger partial charge in [0, 0.05) is 40.8 Å². The van der Waals surface area contributed by atoms with Gasteiger partial charge in [0.05, 0.1) is 12.7 Å². The fourth-order valence-electron chi connectivity index (χ4n) is 5.38. The topological polar surface area (TPSA) is 123 Å². The van der Waals surface area contributed by atoms with Crippen LogP contribution < -0.4 is 10.6 Å². The number of nitrogens with zero attached hydrogens (tertiary/aromatic N) is 1. The molecule has 2 fully saturated rings. The number of rotatable bonds is 6. The van der Waals surface area contributed by atoms with Crippen molar-refractivity contribution < 1.29 is 32.8 Å². The summed E-state index contributed by atoms with van der Waals surface area (Å²) in [5, 5.41) is 5.58. The van der Waals surface area contributed by atoms with Crippen LogP contribution in [0.5, 0.6) is 0 Å². The molecule has 5 unspecified atom stereocenters. The molecule has 0 bridgehead atoms. The van der Waals surface area contributed by atoms with Crippen molar-refractivity contribution in [3.05, 3.63) is 40.9 Å². The highest BCUT2D eigenvalue weighted by molar-refractivity contribution is 9.10. The van der Waals surface area contributed by atoms with Crippen LogP contribution in [0.1, 0.15) is 72.6 Å². The van der Waals surface area contributed by atoms with Crippen LogP contribution in [0.3, 0.4) is 0 Å². The number of fused-ring (bicyclic) bond motifs is 2. The second-order valence-electron chi connectivity index (χ2n) is 12.4. The number of hydrogen-bond acceptors (Lipinski definition) is 8. The van der Waals surface area contributed by atoms with Crippen LogP contribution in [0, 0.1) is 17.8 Å². The van der Waals surface area contributed by atoms with E-state index in [0.717, 1.165) is 40.7 Å². The molecule has 2 N–H and O–H groups in total. The Bertz CT molecular complexity index is 1340. The Morgan fingerprint density at radius 3 is 2.64 bits per heavy atom. The lowest BCUT2D eigenvalue weighted by atomic mass is 10.1. The number of ether oxygens (including phenoxy) is 2. The summed E-state index contributed by atoms with van der Waals surface area (Å²) in [6.07, 6.45) is 7.23. The molecule has 1 aliphatic carbocycles. The predicted octanol–water partition coefficient (Wildman–Crippen LogP) is 5.30. The summed E-state index contributed by atoms with van der Waals surface area (Å²) in [5.74, 6) is 4.35.